The van der Waals surface area contributed by atoms with Crippen LogP contribution in [0.1, 0.15) is 24.8 Å². The van der Waals surface area contributed by atoms with Gasteiger partial charge >= 0.3 is 0 Å². The maximum atomic E-state index is 6.59. The molecule has 1 aliphatic carbocycles. The van der Waals surface area contributed by atoms with Crippen LogP contribution in [0.5, 0.6) is 0 Å². The number of benzene rings is 1. The number of rotatable bonds is 5. The van der Waals surface area contributed by atoms with Crippen LogP contribution in [-0.2, 0) is 10.3 Å². The Hall–Kier alpha value is -4.34. The molecule has 1 saturated heterocycles. The summed E-state index contributed by atoms with van der Waals surface area (Å²) in [5.41, 5.74) is 19.7. The minimum absolute atomic E-state index is 0.226. The molecular formula is C30H30N8O. The summed E-state index contributed by atoms with van der Waals surface area (Å²) in [6.07, 6.45) is 6.79. The summed E-state index contributed by atoms with van der Waals surface area (Å²) in [6, 6.07) is 20.3. The Balaban J connectivity index is 1.33. The standard InChI is InChI=1S/C30H30N8O/c31-27-23(3-1-14-33-27)28-36-26-11-10-25(24-9-8-22(19-34-24)37-15-17-39-18-16-37)35-29(26)38(28)21-6-4-20(5-7-21)30(32)12-2-13-30/h1,3-11,14,19H,2,12-13,15-18,32H2,(H2,31,33). The quantitative estimate of drug-likeness (QED) is 0.353. The number of ether oxygens (including phenoxy) is 1. The van der Waals surface area contributed by atoms with Crippen molar-refractivity contribution in [2.75, 3.05) is 36.9 Å². The van der Waals surface area contributed by atoms with E-state index in [0.29, 0.717) is 11.6 Å². The molecule has 2 aliphatic rings. The fourth-order valence-electron chi connectivity index (χ4n) is 5.47. The molecule has 4 N–H and O–H groups in total. The molecule has 0 amide bonds. The summed E-state index contributed by atoms with van der Waals surface area (Å²) in [4.78, 5) is 21.3. The van der Waals surface area contributed by atoms with Crippen LogP contribution in [0.4, 0.5) is 11.5 Å². The van der Waals surface area contributed by atoms with Crippen molar-refractivity contribution < 1.29 is 4.74 Å². The smallest absolute Gasteiger partial charge is 0.165 e. The van der Waals surface area contributed by atoms with Crippen molar-refractivity contribution in [3.8, 4) is 28.5 Å². The van der Waals surface area contributed by atoms with E-state index in [1.54, 1.807) is 6.20 Å². The van der Waals surface area contributed by atoms with E-state index in [2.05, 4.69) is 40.2 Å². The van der Waals surface area contributed by atoms with Crippen LogP contribution >= 0.6 is 0 Å². The SMILES string of the molecule is Nc1ncccc1-c1nc2ccc(-c3ccc(N4CCOCC4)cn3)nc2n1-c1ccc(C2(N)CCC2)cc1. The summed E-state index contributed by atoms with van der Waals surface area (Å²) in [7, 11) is 0. The van der Waals surface area contributed by atoms with E-state index in [9.17, 15) is 0 Å². The number of anilines is 2. The number of hydrogen-bond donors (Lipinski definition) is 2. The number of nitrogens with two attached hydrogens (primary N) is 2. The first-order valence-corrected chi connectivity index (χ1v) is 13.4. The number of nitrogens with zero attached hydrogens (tertiary/aromatic N) is 6. The van der Waals surface area contributed by atoms with E-state index in [1.165, 1.54) is 6.42 Å². The van der Waals surface area contributed by atoms with Gasteiger partial charge in [-0.1, -0.05) is 12.1 Å². The van der Waals surface area contributed by atoms with E-state index < -0.39 is 0 Å². The Kier molecular flexibility index (Phi) is 5.75. The zero-order valence-electron chi connectivity index (χ0n) is 21.6. The van der Waals surface area contributed by atoms with Crippen molar-refractivity contribution in [1.29, 1.82) is 0 Å². The number of fused-ring (bicyclic) bond motifs is 1. The maximum Gasteiger partial charge on any atom is 0.165 e. The highest BCUT2D eigenvalue weighted by molar-refractivity contribution is 5.84. The third-order valence-electron chi connectivity index (χ3n) is 7.92. The molecule has 1 saturated carbocycles. The third kappa shape index (κ3) is 4.20. The van der Waals surface area contributed by atoms with Gasteiger partial charge in [0, 0.05) is 30.5 Å². The molecule has 0 atom stereocenters. The lowest BCUT2D eigenvalue weighted by Gasteiger charge is -2.38. The van der Waals surface area contributed by atoms with Crippen molar-refractivity contribution in [2.24, 2.45) is 5.73 Å². The predicted octanol–water partition coefficient (Wildman–Crippen LogP) is 4.30. The second kappa shape index (κ2) is 9.44. The lowest BCUT2D eigenvalue weighted by Crippen LogP contribution is -2.43. The zero-order chi connectivity index (χ0) is 26.4. The van der Waals surface area contributed by atoms with Gasteiger partial charge in [0.05, 0.1) is 42.0 Å². The molecular weight excluding hydrogens is 488 g/mol. The molecule has 9 nitrogen and oxygen atoms in total. The van der Waals surface area contributed by atoms with Crippen molar-refractivity contribution in [1.82, 2.24) is 24.5 Å². The van der Waals surface area contributed by atoms with Crippen LogP contribution in [0.2, 0.25) is 0 Å². The first kappa shape index (κ1) is 23.8. The predicted molar refractivity (Wildman–Crippen MR) is 152 cm³/mol. The largest absolute Gasteiger partial charge is 0.383 e. The second-order valence-corrected chi connectivity index (χ2v) is 10.3. The van der Waals surface area contributed by atoms with Crippen LogP contribution in [0.25, 0.3) is 39.6 Å². The molecule has 5 heterocycles. The van der Waals surface area contributed by atoms with Crippen LogP contribution in [0.15, 0.2) is 73.1 Å². The van der Waals surface area contributed by atoms with Gasteiger partial charge in [-0.05, 0) is 73.4 Å². The normalized spacial score (nSPS) is 16.8. The van der Waals surface area contributed by atoms with Gasteiger partial charge in [-0.25, -0.2) is 15.0 Å². The molecule has 196 valence electrons. The van der Waals surface area contributed by atoms with E-state index in [1.807, 2.05) is 41.1 Å². The molecule has 7 rings (SSSR count). The van der Waals surface area contributed by atoms with E-state index in [-0.39, 0.29) is 5.54 Å². The molecule has 2 fully saturated rings. The van der Waals surface area contributed by atoms with E-state index >= 15 is 0 Å². The van der Waals surface area contributed by atoms with Crippen LogP contribution < -0.4 is 16.4 Å². The Morgan fingerprint density at radius 2 is 1.59 bits per heavy atom. The summed E-state index contributed by atoms with van der Waals surface area (Å²) in [5.74, 6) is 1.11. The summed E-state index contributed by atoms with van der Waals surface area (Å²) < 4.78 is 7.52. The van der Waals surface area contributed by atoms with Gasteiger partial charge < -0.3 is 21.1 Å². The number of nitrogen functional groups attached to an aromatic ring is 1. The van der Waals surface area contributed by atoms with Gasteiger partial charge in [0.15, 0.2) is 11.5 Å². The van der Waals surface area contributed by atoms with Crippen molar-refractivity contribution in [3.63, 3.8) is 0 Å². The summed E-state index contributed by atoms with van der Waals surface area (Å²) in [6.45, 7) is 3.21. The summed E-state index contributed by atoms with van der Waals surface area (Å²) in [5, 5.41) is 0. The van der Waals surface area contributed by atoms with Gasteiger partial charge in [0.2, 0.25) is 0 Å². The second-order valence-electron chi connectivity index (χ2n) is 10.3. The zero-order valence-corrected chi connectivity index (χ0v) is 21.6. The molecule has 1 aromatic carbocycles. The van der Waals surface area contributed by atoms with Gasteiger partial charge in [-0.2, -0.15) is 0 Å². The Labute approximate surface area is 226 Å². The molecule has 5 aromatic rings. The molecule has 0 spiro atoms. The molecule has 39 heavy (non-hydrogen) atoms. The minimum atomic E-state index is -0.226. The van der Waals surface area contributed by atoms with Crippen LogP contribution in [0.3, 0.4) is 0 Å². The number of morpholine rings is 1. The fourth-order valence-corrected chi connectivity index (χ4v) is 5.47. The average Bonchev–Trinajstić information content (AvgIpc) is 3.35. The number of hydrogen-bond acceptors (Lipinski definition) is 8. The third-order valence-corrected chi connectivity index (χ3v) is 7.92. The maximum absolute atomic E-state index is 6.59. The summed E-state index contributed by atoms with van der Waals surface area (Å²) >= 11 is 0. The van der Waals surface area contributed by atoms with E-state index in [0.717, 1.165) is 84.2 Å². The number of imidazole rings is 1. The molecule has 1 aliphatic heterocycles. The van der Waals surface area contributed by atoms with E-state index in [4.69, 9.17) is 31.2 Å². The molecule has 0 unspecified atom stereocenters. The first-order chi connectivity index (χ1) is 19.1. The van der Waals surface area contributed by atoms with Crippen molar-refractivity contribution in [2.45, 2.75) is 24.8 Å². The molecule has 4 aromatic heterocycles. The van der Waals surface area contributed by atoms with Crippen LogP contribution in [0, 0.1) is 0 Å². The first-order valence-electron chi connectivity index (χ1n) is 13.4. The Morgan fingerprint density at radius 1 is 0.821 bits per heavy atom. The number of aromatic nitrogens is 5. The highest BCUT2D eigenvalue weighted by atomic mass is 16.5. The molecule has 9 heteroatoms. The van der Waals surface area contributed by atoms with Gasteiger partial charge in [0.25, 0.3) is 0 Å². The molecule has 0 bridgehead atoms. The van der Waals surface area contributed by atoms with Crippen LogP contribution in [-0.4, -0.2) is 50.8 Å². The van der Waals surface area contributed by atoms with Crippen molar-refractivity contribution >= 4 is 22.7 Å². The van der Waals surface area contributed by atoms with Crippen molar-refractivity contribution in [3.05, 3.63) is 78.6 Å². The monoisotopic (exact) mass is 518 g/mol. The molecule has 0 radical (unpaired) electrons. The number of pyridine rings is 3. The van der Waals surface area contributed by atoms with Gasteiger partial charge in [-0.15, -0.1) is 0 Å². The average molecular weight is 519 g/mol. The Morgan fingerprint density at radius 3 is 2.28 bits per heavy atom. The van der Waals surface area contributed by atoms with Gasteiger partial charge in [0.1, 0.15) is 11.3 Å². The lowest BCUT2D eigenvalue weighted by molar-refractivity contribution is 0.122. The van der Waals surface area contributed by atoms with Gasteiger partial charge in [-0.3, -0.25) is 9.55 Å². The highest BCUT2D eigenvalue weighted by Gasteiger charge is 2.34. The fraction of sp³-hybridized carbons (Fsp3) is 0.267. The topological polar surface area (TPSA) is 121 Å². The highest BCUT2D eigenvalue weighted by Crippen LogP contribution is 2.39. The Bertz CT molecular complexity index is 1630. The lowest BCUT2D eigenvalue weighted by atomic mass is 9.73. The minimum Gasteiger partial charge on any atom is -0.383 e.